The molecule has 4 aromatic rings. The number of anilines is 1. The lowest BCUT2D eigenvalue weighted by molar-refractivity contribution is 0.0920. The minimum absolute atomic E-state index is 0.0162. The molecule has 1 atom stereocenters. The van der Waals surface area contributed by atoms with Crippen LogP contribution < -0.4 is 20.1 Å². The van der Waals surface area contributed by atoms with Gasteiger partial charge in [0.15, 0.2) is 0 Å². The number of rotatable bonds is 4. The Labute approximate surface area is 188 Å². The van der Waals surface area contributed by atoms with E-state index in [1.165, 1.54) is 6.07 Å². The van der Waals surface area contributed by atoms with Crippen molar-refractivity contribution in [1.29, 1.82) is 0 Å². The van der Waals surface area contributed by atoms with E-state index in [1.54, 1.807) is 12.1 Å². The van der Waals surface area contributed by atoms with Gasteiger partial charge in [0.05, 0.1) is 22.7 Å². The first-order valence-corrected chi connectivity index (χ1v) is 10.6. The van der Waals surface area contributed by atoms with E-state index in [4.69, 9.17) is 25.5 Å². The van der Waals surface area contributed by atoms with Crippen molar-refractivity contribution in [2.24, 2.45) is 0 Å². The number of ether oxygens (including phenoxy) is 2. The summed E-state index contributed by atoms with van der Waals surface area (Å²) in [5.41, 5.74) is 1.95. The van der Waals surface area contributed by atoms with Gasteiger partial charge in [-0.25, -0.2) is 4.98 Å². The second-order valence-electron chi connectivity index (χ2n) is 7.80. The molecule has 4 heterocycles. The van der Waals surface area contributed by atoms with Crippen molar-refractivity contribution >= 4 is 45.1 Å². The van der Waals surface area contributed by atoms with Crippen LogP contribution in [-0.2, 0) is 0 Å². The minimum atomic E-state index is -0.241. The molecule has 9 nitrogen and oxygen atoms in total. The van der Waals surface area contributed by atoms with Gasteiger partial charge < -0.3 is 24.5 Å². The number of nitrogens with zero attached hydrogens (tertiary/aromatic N) is 3. The van der Waals surface area contributed by atoms with Crippen molar-refractivity contribution in [2.75, 3.05) is 11.9 Å². The number of fused-ring (bicyclic) bond motifs is 5. The average Bonchev–Trinajstić information content (AvgIpc) is 3.04. The molecule has 1 aliphatic rings. The van der Waals surface area contributed by atoms with Crippen LogP contribution in [0, 0.1) is 0 Å². The lowest BCUT2D eigenvalue weighted by atomic mass is 10.1. The van der Waals surface area contributed by atoms with Crippen LogP contribution in [0.3, 0.4) is 0 Å². The number of benzene rings is 1. The monoisotopic (exact) mass is 453 g/mol. The van der Waals surface area contributed by atoms with Crippen LogP contribution in [-0.4, -0.2) is 39.5 Å². The molecule has 0 radical (unpaired) electrons. The molecule has 2 N–H and O–H groups in total. The maximum atomic E-state index is 12.5. The highest BCUT2D eigenvalue weighted by Gasteiger charge is 2.26. The number of carbonyl (C=O) groups is 1. The summed E-state index contributed by atoms with van der Waals surface area (Å²) >= 11 is 6.07. The third kappa shape index (κ3) is 3.75. The van der Waals surface area contributed by atoms with Crippen molar-refractivity contribution in [1.82, 2.24) is 20.3 Å². The van der Waals surface area contributed by atoms with Crippen LogP contribution in [0.5, 0.6) is 17.8 Å². The topological polar surface area (TPSA) is 111 Å². The third-order valence-electron chi connectivity index (χ3n) is 4.87. The maximum absolute atomic E-state index is 12.5. The Balaban J connectivity index is 1.54. The van der Waals surface area contributed by atoms with Crippen LogP contribution in [0.25, 0.3) is 21.9 Å². The fourth-order valence-electron chi connectivity index (χ4n) is 3.56. The van der Waals surface area contributed by atoms with E-state index in [0.717, 1.165) is 10.8 Å². The number of hydrogen-bond acceptors (Lipinski definition) is 8. The van der Waals surface area contributed by atoms with Gasteiger partial charge in [0.2, 0.25) is 17.5 Å². The molecule has 0 spiro atoms. The van der Waals surface area contributed by atoms with E-state index >= 15 is 0 Å². The molecule has 32 heavy (non-hydrogen) atoms. The smallest absolute Gasteiger partial charge is 0.321 e. The first-order valence-electron chi connectivity index (χ1n) is 10.2. The summed E-state index contributed by atoms with van der Waals surface area (Å²) < 4.78 is 17.2. The zero-order valence-corrected chi connectivity index (χ0v) is 18.4. The largest absolute Gasteiger partial charge is 0.461 e. The number of nitrogens with one attached hydrogen (secondary N) is 2. The molecule has 0 saturated carbocycles. The van der Waals surface area contributed by atoms with E-state index in [-0.39, 0.29) is 40.9 Å². The summed E-state index contributed by atoms with van der Waals surface area (Å²) in [4.78, 5) is 25.3. The fraction of sp³-hybridized carbons (Fsp3) is 0.273. The Morgan fingerprint density at radius 2 is 2.00 bits per heavy atom. The van der Waals surface area contributed by atoms with Crippen LogP contribution in [0.2, 0.25) is 5.15 Å². The summed E-state index contributed by atoms with van der Waals surface area (Å²) in [5.74, 6) is 0.578. The molecule has 0 saturated heterocycles. The van der Waals surface area contributed by atoms with Crippen LogP contribution >= 0.6 is 11.6 Å². The zero-order valence-electron chi connectivity index (χ0n) is 17.6. The number of furan rings is 1. The summed E-state index contributed by atoms with van der Waals surface area (Å²) in [6.07, 6.45) is -0.105. The molecule has 1 aliphatic heterocycles. The van der Waals surface area contributed by atoms with Gasteiger partial charge in [-0.15, -0.1) is 0 Å². The summed E-state index contributed by atoms with van der Waals surface area (Å²) in [6, 6.07) is 8.80. The summed E-state index contributed by atoms with van der Waals surface area (Å²) in [7, 11) is 0. The van der Waals surface area contributed by atoms with Crippen LogP contribution in [0.1, 0.15) is 31.3 Å². The Bertz CT molecular complexity index is 1350. The quantitative estimate of drug-likeness (QED) is 0.433. The Morgan fingerprint density at radius 3 is 2.81 bits per heavy atom. The highest BCUT2D eigenvalue weighted by molar-refractivity contribution is 6.29. The van der Waals surface area contributed by atoms with Crippen LogP contribution in [0.4, 0.5) is 5.69 Å². The van der Waals surface area contributed by atoms with Gasteiger partial charge in [0.1, 0.15) is 10.7 Å². The first-order chi connectivity index (χ1) is 15.4. The van der Waals surface area contributed by atoms with Gasteiger partial charge in [0.25, 0.3) is 5.91 Å². The predicted octanol–water partition coefficient (Wildman–Crippen LogP) is 4.55. The van der Waals surface area contributed by atoms with Gasteiger partial charge in [-0.1, -0.05) is 11.6 Å². The number of pyridine rings is 1. The second-order valence-corrected chi connectivity index (χ2v) is 8.18. The van der Waals surface area contributed by atoms with Gasteiger partial charge in [-0.2, -0.15) is 9.97 Å². The summed E-state index contributed by atoms with van der Waals surface area (Å²) in [6.45, 7) is 6.26. The molecular formula is C22H20ClN5O4. The molecule has 164 valence electrons. The molecule has 3 aromatic heterocycles. The van der Waals surface area contributed by atoms with E-state index in [2.05, 4.69) is 25.6 Å². The van der Waals surface area contributed by atoms with Crippen molar-refractivity contribution in [3.63, 3.8) is 0 Å². The molecular weight excluding hydrogens is 434 g/mol. The third-order valence-corrected chi connectivity index (χ3v) is 5.06. The molecule has 0 aliphatic carbocycles. The number of carbonyl (C=O) groups excluding carboxylic acids is 1. The molecule has 1 amide bonds. The molecule has 5 rings (SSSR count). The van der Waals surface area contributed by atoms with E-state index in [9.17, 15) is 4.79 Å². The van der Waals surface area contributed by atoms with E-state index < -0.39 is 0 Å². The SMILES string of the molecule is CC(C)Oc1nc(Cl)cc(Oc2ccc3c(ccc4oc5c(c43)NC[C@@H](C)NC5=O)n2)n1. The maximum Gasteiger partial charge on any atom is 0.321 e. The standard InChI is InChI=1S/C22H20ClN5O4/c1-10(2)30-22-27-15(23)8-17(28-22)32-16-7-4-12-13(26-16)5-6-14-18(12)19-20(31-14)21(29)25-11(3)9-24-19/h4-8,10-11,24H,9H2,1-3H3,(H,25,29)/t11-/m1/s1. The number of halogens is 1. The number of hydrogen-bond donors (Lipinski definition) is 2. The number of amides is 1. The van der Waals surface area contributed by atoms with E-state index in [0.29, 0.717) is 29.2 Å². The average molecular weight is 454 g/mol. The molecule has 0 unspecified atom stereocenters. The van der Waals surface area contributed by atoms with Crippen molar-refractivity contribution < 1.29 is 18.7 Å². The number of aromatic nitrogens is 3. The van der Waals surface area contributed by atoms with Gasteiger partial charge in [0, 0.05) is 30.1 Å². The lowest BCUT2D eigenvalue weighted by Gasteiger charge is -2.10. The Kier molecular flexibility index (Phi) is 4.97. The van der Waals surface area contributed by atoms with Gasteiger partial charge in [-0.3, -0.25) is 4.79 Å². The fourth-order valence-corrected chi connectivity index (χ4v) is 3.73. The van der Waals surface area contributed by atoms with Crippen molar-refractivity contribution in [3.05, 3.63) is 41.2 Å². The normalized spacial score (nSPS) is 15.9. The Hall–Kier alpha value is -3.59. The molecule has 0 bridgehead atoms. The molecule has 0 fully saturated rings. The molecule has 10 heteroatoms. The van der Waals surface area contributed by atoms with Crippen molar-refractivity contribution in [3.8, 4) is 17.8 Å². The van der Waals surface area contributed by atoms with Crippen molar-refractivity contribution in [2.45, 2.75) is 32.9 Å². The first kappa shape index (κ1) is 20.3. The molecule has 1 aromatic carbocycles. The lowest BCUT2D eigenvalue weighted by Crippen LogP contribution is -2.34. The second kappa shape index (κ2) is 7.83. The zero-order chi connectivity index (χ0) is 22.4. The van der Waals surface area contributed by atoms with Gasteiger partial charge >= 0.3 is 6.01 Å². The predicted molar refractivity (Wildman–Crippen MR) is 120 cm³/mol. The van der Waals surface area contributed by atoms with Gasteiger partial charge in [-0.05, 0) is 39.0 Å². The highest BCUT2D eigenvalue weighted by Crippen LogP contribution is 2.38. The highest BCUT2D eigenvalue weighted by atomic mass is 35.5. The Morgan fingerprint density at radius 1 is 1.16 bits per heavy atom. The minimum Gasteiger partial charge on any atom is -0.461 e. The van der Waals surface area contributed by atoms with Crippen LogP contribution in [0.15, 0.2) is 34.7 Å². The summed E-state index contributed by atoms with van der Waals surface area (Å²) in [5, 5.41) is 8.06. The van der Waals surface area contributed by atoms with E-state index in [1.807, 2.05) is 32.9 Å².